The first kappa shape index (κ1) is 27.0. The average molecular weight is 471 g/mol. The van der Waals surface area contributed by atoms with E-state index in [-0.39, 0.29) is 12.5 Å². The van der Waals surface area contributed by atoms with Crippen LogP contribution in [-0.2, 0) is 17.8 Å². The zero-order chi connectivity index (χ0) is 24.8. The number of amides is 2. The van der Waals surface area contributed by atoms with E-state index in [1.165, 1.54) is 5.56 Å². The molecule has 0 heterocycles. The molecule has 2 amide bonds. The summed E-state index contributed by atoms with van der Waals surface area (Å²) in [7, 11) is 0. The van der Waals surface area contributed by atoms with Gasteiger partial charge in [0.15, 0.2) is 0 Å². The molecule has 7 heteroatoms. The molecule has 0 aliphatic heterocycles. The van der Waals surface area contributed by atoms with E-state index < -0.39 is 5.97 Å². The summed E-state index contributed by atoms with van der Waals surface area (Å²) in [4.78, 5) is 25.5. The topological polar surface area (TPSA) is 88.1 Å². The number of ether oxygens (including phenoxy) is 2. The van der Waals surface area contributed by atoms with E-state index in [0.717, 1.165) is 41.9 Å². The quantitative estimate of drug-likeness (QED) is 0.350. The SMILES string of the molecule is CCOc1cc(CN(CCCCc2ccccc2)C(=O)NCCCC(=O)O)cc(OCC)c1C. The number of hydrogen-bond acceptors (Lipinski definition) is 4. The first-order valence-corrected chi connectivity index (χ1v) is 12.1. The predicted octanol–water partition coefficient (Wildman–Crippen LogP) is 5.19. The van der Waals surface area contributed by atoms with E-state index in [1.807, 2.05) is 51.1 Å². The summed E-state index contributed by atoms with van der Waals surface area (Å²) in [6.07, 6.45) is 3.22. The van der Waals surface area contributed by atoms with Crippen molar-refractivity contribution in [3.8, 4) is 11.5 Å². The molecule has 34 heavy (non-hydrogen) atoms. The van der Waals surface area contributed by atoms with Crippen molar-refractivity contribution in [1.29, 1.82) is 0 Å². The third-order valence-corrected chi connectivity index (χ3v) is 5.46. The molecule has 0 bridgehead atoms. The van der Waals surface area contributed by atoms with Crippen LogP contribution in [0.2, 0.25) is 0 Å². The molecule has 186 valence electrons. The average Bonchev–Trinajstić information content (AvgIpc) is 2.82. The predicted molar refractivity (Wildman–Crippen MR) is 134 cm³/mol. The highest BCUT2D eigenvalue weighted by Crippen LogP contribution is 2.30. The molecule has 2 rings (SSSR count). The summed E-state index contributed by atoms with van der Waals surface area (Å²) in [6, 6.07) is 14.1. The van der Waals surface area contributed by atoms with Crippen molar-refractivity contribution < 1.29 is 24.2 Å². The number of carboxylic acid groups (broad SMARTS) is 1. The molecule has 0 saturated heterocycles. The van der Waals surface area contributed by atoms with Crippen LogP contribution in [0.5, 0.6) is 11.5 Å². The lowest BCUT2D eigenvalue weighted by atomic mass is 10.1. The fourth-order valence-electron chi connectivity index (χ4n) is 3.71. The van der Waals surface area contributed by atoms with Gasteiger partial charge in [-0.1, -0.05) is 30.3 Å². The van der Waals surface area contributed by atoms with Crippen LogP contribution in [0, 0.1) is 6.92 Å². The summed E-state index contributed by atoms with van der Waals surface area (Å²) in [5, 5.41) is 11.7. The largest absolute Gasteiger partial charge is 0.493 e. The smallest absolute Gasteiger partial charge is 0.317 e. The van der Waals surface area contributed by atoms with Gasteiger partial charge in [-0.2, -0.15) is 0 Å². The number of unbranched alkanes of at least 4 members (excludes halogenated alkanes) is 1. The van der Waals surface area contributed by atoms with Gasteiger partial charge in [-0.25, -0.2) is 4.79 Å². The second-order valence-corrected chi connectivity index (χ2v) is 8.18. The number of nitrogens with one attached hydrogen (secondary N) is 1. The summed E-state index contributed by atoms with van der Waals surface area (Å²) < 4.78 is 11.6. The van der Waals surface area contributed by atoms with Crippen LogP contribution >= 0.6 is 0 Å². The highest BCUT2D eigenvalue weighted by molar-refractivity contribution is 5.74. The van der Waals surface area contributed by atoms with E-state index in [2.05, 4.69) is 17.4 Å². The fourth-order valence-corrected chi connectivity index (χ4v) is 3.71. The van der Waals surface area contributed by atoms with E-state index in [1.54, 1.807) is 4.90 Å². The Morgan fingerprint density at radius 2 is 1.59 bits per heavy atom. The van der Waals surface area contributed by atoms with Gasteiger partial charge in [-0.15, -0.1) is 0 Å². The van der Waals surface area contributed by atoms with Crippen LogP contribution in [0.25, 0.3) is 0 Å². The van der Waals surface area contributed by atoms with Gasteiger partial charge in [0.2, 0.25) is 0 Å². The minimum absolute atomic E-state index is 0.0325. The lowest BCUT2D eigenvalue weighted by Gasteiger charge is -2.24. The molecule has 0 fully saturated rings. The highest BCUT2D eigenvalue weighted by Gasteiger charge is 2.17. The molecule has 0 aromatic heterocycles. The number of carboxylic acids is 1. The fraction of sp³-hybridized carbons (Fsp3) is 0.481. The Morgan fingerprint density at radius 1 is 0.941 bits per heavy atom. The van der Waals surface area contributed by atoms with Crippen LogP contribution in [0.15, 0.2) is 42.5 Å². The Bertz CT molecular complexity index is 874. The van der Waals surface area contributed by atoms with Gasteiger partial charge < -0.3 is 24.8 Å². The van der Waals surface area contributed by atoms with Gasteiger partial charge >= 0.3 is 12.0 Å². The molecule has 0 spiro atoms. The molecule has 0 aliphatic carbocycles. The number of hydrogen-bond donors (Lipinski definition) is 2. The summed E-state index contributed by atoms with van der Waals surface area (Å²) >= 11 is 0. The van der Waals surface area contributed by atoms with Crippen molar-refractivity contribution in [3.05, 3.63) is 59.2 Å². The lowest BCUT2D eigenvalue weighted by Crippen LogP contribution is -2.40. The van der Waals surface area contributed by atoms with E-state index >= 15 is 0 Å². The third-order valence-electron chi connectivity index (χ3n) is 5.46. The Morgan fingerprint density at radius 3 is 2.18 bits per heavy atom. The van der Waals surface area contributed by atoms with Crippen molar-refractivity contribution in [2.75, 3.05) is 26.3 Å². The maximum absolute atomic E-state index is 12.9. The van der Waals surface area contributed by atoms with Gasteiger partial charge in [0.1, 0.15) is 11.5 Å². The minimum atomic E-state index is -0.862. The van der Waals surface area contributed by atoms with E-state index in [4.69, 9.17) is 14.6 Å². The summed E-state index contributed by atoms with van der Waals surface area (Å²) in [5.41, 5.74) is 3.16. The molecule has 0 radical (unpaired) electrons. The molecule has 0 aliphatic rings. The molecule has 0 unspecified atom stereocenters. The highest BCUT2D eigenvalue weighted by atomic mass is 16.5. The second-order valence-electron chi connectivity index (χ2n) is 8.18. The molecule has 0 saturated carbocycles. The second kappa shape index (κ2) is 14.8. The molecule has 7 nitrogen and oxygen atoms in total. The van der Waals surface area contributed by atoms with Crippen LogP contribution in [0.4, 0.5) is 4.79 Å². The molecule has 2 aromatic carbocycles. The normalized spacial score (nSPS) is 10.6. The van der Waals surface area contributed by atoms with Crippen LogP contribution in [0.3, 0.4) is 0 Å². The van der Waals surface area contributed by atoms with Crippen LogP contribution < -0.4 is 14.8 Å². The van der Waals surface area contributed by atoms with Gasteiger partial charge in [0.05, 0.1) is 13.2 Å². The Balaban J connectivity index is 2.08. The molecule has 2 aromatic rings. The van der Waals surface area contributed by atoms with Crippen LogP contribution in [0.1, 0.15) is 56.2 Å². The van der Waals surface area contributed by atoms with Crippen molar-refractivity contribution in [3.63, 3.8) is 0 Å². The van der Waals surface area contributed by atoms with Crippen LogP contribution in [-0.4, -0.2) is 48.3 Å². The van der Waals surface area contributed by atoms with Crippen molar-refractivity contribution in [2.45, 2.75) is 59.4 Å². The number of aryl methyl sites for hydroxylation is 1. The maximum atomic E-state index is 12.9. The van der Waals surface area contributed by atoms with Crippen molar-refractivity contribution in [2.24, 2.45) is 0 Å². The monoisotopic (exact) mass is 470 g/mol. The van der Waals surface area contributed by atoms with Gasteiger partial charge in [-0.3, -0.25) is 4.79 Å². The zero-order valence-corrected chi connectivity index (χ0v) is 20.6. The number of carbonyl (C=O) groups is 2. The van der Waals surface area contributed by atoms with Gasteiger partial charge in [-0.05, 0) is 69.7 Å². The van der Waals surface area contributed by atoms with E-state index in [9.17, 15) is 9.59 Å². The summed E-state index contributed by atoms with van der Waals surface area (Å²) in [6.45, 7) is 8.28. The first-order valence-electron chi connectivity index (χ1n) is 12.1. The number of rotatable bonds is 15. The standard InChI is InChI=1S/C27H38N2O5/c1-4-33-24-18-23(19-25(21(24)3)34-5-2)20-29(27(32)28-16-11-15-26(30)31)17-10-9-14-22-12-7-6-8-13-22/h6-8,12-13,18-19H,4-5,9-11,14-17,20H2,1-3H3,(H,28,32)(H,30,31). The maximum Gasteiger partial charge on any atom is 0.317 e. The Hall–Kier alpha value is -3.22. The van der Waals surface area contributed by atoms with E-state index in [0.29, 0.717) is 39.3 Å². The number of aliphatic carboxylic acids is 1. The molecule has 0 atom stereocenters. The van der Waals surface area contributed by atoms with Crippen molar-refractivity contribution in [1.82, 2.24) is 10.2 Å². The zero-order valence-electron chi connectivity index (χ0n) is 20.6. The number of nitrogens with zero attached hydrogens (tertiary/aromatic N) is 1. The lowest BCUT2D eigenvalue weighted by molar-refractivity contribution is -0.137. The number of carbonyl (C=O) groups excluding carboxylic acids is 1. The first-order chi connectivity index (χ1) is 16.4. The third kappa shape index (κ3) is 9.33. The Labute approximate surface area is 203 Å². The molecular weight excluding hydrogens is 432 g/mol. The number of benzene rings is 2. The van der Waals surface area contributed by atoms with Crippen molar-refractivity contribution >= 4 is 12.0 Å². The summed E-state index contributed by atoms with van der Waals surface area (Å²) in [5.74, 6) is 0.655. The number of urea groups is 1. The minimum Gasteiger partial charge on any atom is -0.493 e. The Kier molecular flexibility index (Phi) is 11.8. The molecule has 2 N–H and O–H groups in total. The van der Waals surface area contributed by atoms with Gasteiger partial charge in [0.25, 0.3) is 0 Å². The van der Waals surface area contributed by atoms with Gasteiger partial charge in [0, 0.05) is 31.6 Å². The molecular formula is C27H38N2O5.